The molecule has 29 heavy (non-hydrogen) atoms. The van der Waals surface area contributed by atoms with Gasteiger partial charge in [-0.15, -0.1) is 0 Å². The predicted octanol–water partition coefficient (Wildman–Crippen LogP) is 4.27. The molecule has 0 aliphatic rings. The van der Waals surface area contributed by atoms with Crippen LogP contribution in [0, 0.1) is 13.8 Å². The van der Waals surface area contributed by atoms with Crippen LogP contribution in [0.15, 0.2) is 54.9 Å². The van der Waals surface area contributed by atoms with Crippen molar-refractivity contribution >= 4 is 29.2 Å². The van der Waals surface area contributed by atoms with Crippen LogP contribution in [0.4, 0.5) is 17.3 Å². The van der Waals surface area contributed by atoms with Crippen LogP contribution in [0.2, 0.25) is 0 Å². The van der Waals surface area contributed by atoms with Gasteiger partial charge in [0.05, 0.1) is 17.7 Å². The Hall–Kier alpha value is -3.74. The molecule has 7 nitrogen and oxygen atoms in total. The van der Waals surface area contributed by atoms with E-state index in [1.807, 2.05) is 32.0 Å². The van der Waals surface area contributed by atoms with Crippen molar-refractivity contribution in [3.05, 3.63) is 77.1 Å². The fraction of sp³-hybridized carbons (Fsp3) is 0.182. The lowest BCUT2D eigenvalue weighted by Crippen LogP contribution is -2.13. The summed E-state index contributed by atoms with van der Waals surface area (Å²) in [5.41, 5.74) is 4.42. The van der Waals surface area contributed by atoms with Crippen molar-refractivity contribution in [3.8, 4) is 0 Å². The van der Waals surface area contributed by atoms with E-state index < -0.39 is 0 Å². The second-order valence-electron chi connectivity index (χ2n) is 6.55. The first-order valence-electron chi connectivity index (χ1n) is 9.20. The Labute approximate surface area is 169 Å². The van der Waals surface area contributed by atoms with Crippen LogP contribution in [0.25, 0.3) is 0 Å². The summed E-state index contributed by atoms with van der Waals surface area (Å²) in [4.78, 5) is 32.5. The van der Waals surface area contributed by atoms with Gasteiger partial charge >= 0.3 is 5.97 Å². The molecule has 0 spiro atoms. The summed E-state index contributed by atoms with van der Waals surface area (Å²) in [5.74, 6) is -0.299. The van der Waals surface area contributed by atoms with Gasteiger partial charge in [-0.05, 0) is 68.3 Å². The minimum Gasteiger partial charge on any atom is -0.462 e. The number of rotatable bonds is 6. The third-order valence-electron chi connectivity index (χ3n) is 4.05. The Kier molecular flexibility index (Phi) is 6.19. The van der Waals surface area contributed by atoms with E-state index in [4.69, 9.17) is 4.74 Å². The van der Waals surface area contributed by atoms with Crippen molar-refractivity contribution in [2.75, 3.05) is 17.2 Å². The highest BCUT2D eigenvalue weighted by molar-refractivity contribution is 6.04. The zero-order valence-electron chi connectivity index (χ0n) is 16.5. The normalized spacial score (nSPS) is 10.3. The third kappa shape index (κ3) is 5.38. The lowest BCUT2D eigenvalue weighted by atomic mass is 10.1. The van der Waals surface area contributed by atoms with E-state index >= 15 is 0 Å². The smallest absolute Gasteiger partial charge is 0.338 e. The van der Waals surface area contributed by atoms with Crippen LogP contribution in [0.1, 0.15) is 38.8 Å². The van der Waals surface area contributed by atoms with Crippen molar-refractivity contribution in [2.45, 2.75) is 20.8 Å². The van der Waals surface area contributed by atoms with E-state index in [-0.39, 0.29) is 11.9 Å². The molecule has 0 radical (unpaired) electrons. The number of amides is 1. The van der Waals surface area contributed by atoms with Crippen LogP contribution in [0.3, 0.4) is 0 Å². The first-order valence-corrected chi connectivity index (χ1v) is 9.20. The summed E-state index contributed by atoms with van der Waals surface area (Å²) in [6.45, 7) is 6.05. The zero-order chi connectivity index (χ0) is 20.8. The van der Waals surface area contributed by atoms with Crippen molar-refractivity contribution in [1.82, 2.24) is 9.97 Å². The fourth-order valence-corrected chi connectivity index (χ4v) is 2.79. The van der Waals surface area contributed by atoms with E-state index in [0.29, 0.717) is 29.4 Å². The molecule has 7 heteroatoms. The fourth-order valence-electron chi connectivity index (χ4n) is 2.79. The van der Waals surface area contributed by atoms with Crippen LogP contribution in [-0.4, -0.2) is 28.5 Å². The number of anilines is 3. The molecular weight excluding hydrogens is 368 g/mol. The molecular formula is C22H22N4O3. The maximum atomic E-state index is 12.4. The van der Waals surface area contributed by atoms with Crippen molar-refractivity contribution < 1.29 is 14.3 Å². The number of aryl methyl sites for hydroxylation is 2. The molecule has 0 saturated carbocycles. The van der Waals surface area contributed by atoms with Crippen molar-refractivity contribution in [2.24, 2.45) is 0 Å². The molecule has 0 unspecified atom stereocenters. The molecule has 3 aromatic rings. The summed E-state index contributed by atoms with van der Waals surface area (Å²) in [6, 6.07) is 12.6. The number of benzene rings is 2. The number of esters is 1. The van der Waals surface area contributed by atoms with Gasteiger partial charge in [0.1, 0.15) is 0 Å². The summed E-state index contributed by atoms with van der Waals surface area (Å²) < 4.78 is 4.96. The quantitative estimate of drug-likeness (QED) is 0.611. The van der Waals surface area contributed by atoms with Crippen molar-refractivity contribution in [1.29, 1.82) is 0 Å². The molecule has 3 rings (SSSR count). The van der Waals surface area contributed by atoms with Gasteiger partial charge in [-0.1, -0.05) is 6.07 Å². The van der Waals surface area contributed by atoms with Crippen LogP contribution < -0.4 is 10.6 Å². The highest BCUT2D eigenvalue weighted by Crippen LogP contribution is 2.16. The second kappa shape index (κ2) is 8.97. The minimum atomic E-state index is -0.366. The molecule has 0 aliphatic carbocycles. The molecule has 0 saturated heterocycles. The lowest BCUT2D eigenvalue weighted by Gasteiger charge is -2.08. The zero-order valence-corrected chi connectivity index (χ0v) is 16.5. The predicted molar refractivity (Wildman–Crippen MR) is 112 cm³/mol. The SMILES string of the molecule is CCOC(=O)c1ccc(Nc2ncc(C(=O)Nc3cc(C)cc(C)c3)cn2)cc1. The summed E-state index contributed by atoms with van der Waals surface area (Å²) in [6.07, 6.45) is 2.92. The first-order chi connectivity index (χ1) is 13.9. The second-order valence-corrected chi connectivity index (χ2v) is 6.55. The van der Waals surface area contributed by atoms with E-state index in [9.17, 15) is 9.59 Å². The molecule has 2 aromatic carbocycles. The largest absolute Gasteiger partial charge is 0.462 e. The molecule has 0 aliphatic heterocycles. The number of carbonyl (C=O) groups excluding carboxylic acids is 2. The Morgan fingerprint density at radius 2 is 1.52 bits per heavy atom. The molecule has 1 amide bonds. The maximum Gasteiger partial charge on any atom is 0.338 e. The Morgan fingerprint density at radius 1 is 0.897 bits per heavy atom. The molecule has 0 atom stereocenters. The van der Waals surface area contributed by atoms with Gasteiger partial charge in [-0.2, -0.15) is 0 Å². The molecule has 1 heterocycles. The number of nitrogens with one attached hydrogen (secondary N) is 2. The monoisotopic (exact) mass is 390 g/mol. The van der Waals surface area contributed by atoms with Crippen LogP contribution >= 0.6 is 0 Å². The average Bonchev–Trinajstić information content (AvgIpc) is 2.68. The van der Waals surface area contributed by atoms with E-state index in [1.54, 1.807) is 31.2 Å². The van der Waals surface area contributed by atoms with Gasteiger partial charge in [-0.3, -0.25) is 4.79 Å². The molecule has 148 valence electrons. The number of aromatic nitrogens is 2. The number of nitrogens with zero attached hydrogens (tertiary/aromatic N) is 2. The van der Waals surface area contributed by atoms with E-state index in [1.165, 1.54) is 12.4 Å². The summed E-state index contributed by atoms with van der Waals surface area (Å²) in [7, 11) is 0. The lowest BCUT2D eigenvalue weighted by molar-refractivity contribution is 0.0526. The summed E-state index contributed by atoms with van der Waals surface area (Å²) in [5, 5.41) is 5.88. The van der Waals surface area contributed by atoms with Gasteiger partial charge in [0.2, 0.25) is 5.95 Å². The standard InChI is InChI=1S/C22H22N4O3/c1-4-29-21(28)16-5-7-18(8-6-16)26-22-23-12-17(13-24-22)20(27)25-19-10-14(2)9-15(3)11-19/h5-13H,4H2,1-3H3,(H,25,27)(H,23,24,26). The van der Waals surface area contributed by atoms with Gasteiger partial charge in [0.25, 0.3) is 5.91 Å². The van der Waals surface area contributed by atoms with E-state index in [0.717, 1.165) is 16.8 Å². The first kappa shape index (κ1) is 20.0. The molecule has 1 aromatic heterocycles. The molecule has 0 bridgehead atoms. The van der Waals surface area contributed by atoms with Crippen molar-refractivity contribution in [3.63, 3.8) is 0 Å². The maximum absolute atomic E-state index is 12.4. The minimum absolute atomic E-state index is 0.277. The molecule has 0 fully saturated rings. The van der Waals surface area contributed by atoms with Gasteiger partial charge in [0, 0.05) is 23.8 Å². The Morgan fingerprint density at radius 3 is 2.10 bits per heavy atom. The number of carbonyl (C=O) groups is 2. The number of ether oxygens (including phenoxy) is 1. The third-order valence-corrected chi connectivity index (χ3v) is 4.05. The Balaban J connectivity index is 1.63. The average molecular weight is 390 g/mol. The van der Waals surface area contributed by atoms with Crippen LogP contribution in [0.5, 0.6) is 0 Å². The van der Waals surface area contributed by atoms with Crippen LogP contribution in [-0.2, 0) is 4.74 Å². The van der Waals surface area contributed by atoms with E-state index in [2.05, 4.69) is 20.6 Å². The van der Waals surface area contributed by atoms with Gasteiger partial charge in [0.15, 0.2) is 0 Å². The number of hydrogen-bond acceptors (Lipinski definition) is 6. The molecule has 2 N–H and O–H groups in total. The highest BCUT2D eigenvalue weighted by Gasteiger charge is 2.09. The van der Waals surface area contributed by atoms with Gasteiger partial charge < -0.3 is 15.4 Å². The highest BCUT2D eigenvalue weighted by atomic mass is 16.5. The Bertz CT molecular complexity index is 995. The van der Waals surface area contributed by atoms with Gasteiger partial charge in [-0.25, -0.2) is 14.8 Å². The number of hydrogen-bond donors (Lipinski definition) is 2. The summed E-state index contributed by atoms with van der Waals surface area (Å²) >= 11 is 0. The topological polar surface area (TPSA) is 93.2 Å².